The monoisotopic (exact) mass is 351 g/mol. The lowest BCUT2D eigenvalue weighted by atomic mass is 9.91. The summed E-state index contributed by atoms with van der Waals surface area (Å²) < 4.78 is 23.1. The Morgan fingerprint density at radius 3 is 2.52 bits per heavy atom. The smallest absolute Gasteiger partial charge is 0.168 e. The van der Waals surface area contributed by atoms with Crippen LogP contribution < -0.4 is 19.5 Å². The van der Waals surface area contributed by atoms with Crippen LogP contribution in [-0.4, -0.2) is 39.1 Å². The average Bonchev–Trinajstić information content (AvgIpc) is 2.62. The average molecular weight is 351 g/mol. The zero-order valence-corrected chi connectivity index (χ0v) is 15.6. The minimum atomic E-state index is -0.723. The van der Waals surface area contributed by atoms with Crippen molar-refractivity contribution >= 4 is 0 Å². The van der Waals surface area contributed by atoms with Gasteiger partial charge in [-0.25, -0.2) is 0 Å². The van der Waals surface area contributed by atoms with Gasteiger partial charge in [-0.1, -0.05) is 26.0 Å². The predicted molar refractivity (Wildman–Crippen MR) is 96.5 cm³/mol. The quantitative estimate of drug-likeness (QED) is 0.526. The highest BCUT2D eigenvalue weighted by Gasteiger charge is 2.36. The van der Waals surface area contributed by atoms with Crippen molar-refractivity contribution in [2.45, 2.75) is 39.0 Å². The number of ether oxygens (including phenoxy) is 4. The van der Waals surface area contributed by atoms with Crippen LogP contribution in [0.1, 0.15) is 48.8 Å². The minimum Gasteiger partial charge on any atom is -0.492 e. The Bertz CT molecular complexity index is 602. The molecule has 6 heteroatoms. The maximum absolute atomic E-state index is 10.6. The highest BCUT2D eigenvalue weighted by Crippen LogP contribution is 2.50. The van der Waals surface area contributed by atoms with Gasteiger partial charge < -0.3 is 24.1 Å². The van der Waals surface area contributed by atoms with Gasteiger partial charge in [-0.3, -0.25) is 5.32 Å². The maximum Gasteiger partial charge on any atom is 0.168 e. The molecule has 0 bridgehead atoms. The summed E-state index contributed by atoms with van der Waals surface area (Å²) in [5, 5.41) is 13.8. The molecule has 25 heavy (non-hydrogen) atoms. The molecule has 0 amide bonds. The Kier molecular flexibility index (Phi) is 7.11. The summed E-state index contributed by atoms with van der Waals surface area (Å²) in [6.45, 7) is 9.04. The second-order valence-corrected chi connectivity index (χ2v) is 5.98. The van der Waals surface area contributed by atoms with Crippen molar-refractivity contribution in [3.8, 4) is 17.2 Å². The summed E-state index contributed by atoms with van der Waals surface area (Å²) >= 11 is 0. The molecule has 1 aliphatic rings. The standard InChI is InChI=1S/C19H29NO5/c1-6-8-10-25-19-15-14(13(21)11-20-19)16(24-9-7-2)12(3)17(22-4)18(15)23-5/h7,13,19-21H,2,6,8-11H2,1,3-5H3/t13?,19-/m0/s1. The third-order valence-corrected chi connectivity index (χ3v) is 4.30. The fourth-order valence-corrected chi connectivity index (χ4v) is 3.12. The van der Waals surface area contributed by atoms with Crippen LogP contribution >= 0.6 is 0 Å². The number of rotatable bonds is 9. The molecule has 0 spiro atoms. The second-order valence-electron chi connectivity index (χ2n) is 5.98. The molecular weight excluding hydrogens is 322 g/mol. The normalized spacial score (nSPS) is 19.2. The molecule has 2 N–H and O–H groups in total. The van der Waals surface area contributed by atoms with Gasteiger partial charge in [-0.05, 0) is 13.3 Å². The fraction of sp³-hybridized carbons (Fsp3) is 0.579. The predicted octanol–water partition coefficient (Wildman–Crippen LogP) is 3.03. The molecule has 140 valence electrons. The highest BCUT2D eigenvalue weighted by molar-refractivity contribution is 5.64. The first-order valence-corrected chi connectivity index (χ1v) is 8.65. The molecule has 1 aromatic rings. The Hall–Kier alpha value is -1.76. The number of fused-ring (bicyclic) bond motifs is 1. The Morgan fingerprint density at radius 1 is 1.20 bits per heavy atom. The first-order chi connectivity index (χ1) is 12.1. The number of methoxy groups -OCH3 is 2. The molecule has 1 aromatic carbocycles. The molecule has 2 atom stereocenters. The van der Waals surface area contributed by atoms with Gasteiger partial charge in [-0.2, -0.15) is 0 Å². The number of hydrogen-bond acceptors (Lipinski definition) is 6. The summed E-state index contributed by atoms with van der Waals surface area (Å²) in [4.78, 5) is 0. The summed E-state index contributed by atoms with van der Waals surface area (Å²) in [6.07, 6.45) is 2.57. The molecule has 1 unspecified atom stereocenters. The lowest BCUT2D eigenvalue weighted by Crippen LogP contribution is -2.36. The van der Waals surface area contributed by atoms with Gasteiger partial charge in [0.2, 0.25) is 0 Å². The third-order valence-electron chi connectivity index (χ3n) is 4.30. The summed E-state index contributed by atoms with van der Waals surface area (Å²) in [5.74, 6) is 1.75. The van der Waals surface area contributed by atoms with Gasteiger partial charge in [0.05, 0.1) is 25.9 Å². The van der Waals surface area contributed by atoms with E-state index >= 15 is 0 Å². The first-order valence-electron chi connectivity index (χ1n) is 8.65. The SMILES string of the molecule is C=CCOc1c(C)c(OC)c(OC)c2c1C(O)CN[C@H]2OCCCC. The van der Waals surface area contributed by atoms with Crippen molar-refractivity contribution in [3.63, 3.8) is 0 Å². The Morgan fingerprint density at radius 2 is 1.92 bits per heavy atom. The molecule has 2 rings (SSSR count). The van der Waals surface area contributed by atoms with Crippen molar-refractivity contribution in [2.75, 3.05) is 34.0 Å². The summed E-state index contributed by atoms with van der Waals surface area (Å²) in [6, 6.07) is 0. The number of nitrogens with one attached hydrogen (secondary N) is 1. The molecule has 6 nitrogen and oxygen atoms in total. The topological polar surface area (TPSA) is 69.2 Å². The summed E-state index contributed by atoms with van der Waals surface area (Å²) in [5.41, 5.74) is 2.21. The summed E-state index contributed by atoms with van der Waals surface area (Å²) in [7, 11) is 3.18. The van der Waals surface area contributed by atoms with Crippen LogP contribution in [0.5, 0.6) is 17.2 Å². The second kappa shape index (κ2) is 9.08. The molecule has 1 heterocycles. The van der Waals surface area contributed by atoms with Crippen molar-refractivity contribution in [2.24, 2.45) is 0 Å². The molecule has 0 aromatic heterocycles. The van der Waals surface area contributed by atoms with E-state index in [2.05, 4.69) is 18.8 Å². The highest BCUT2D eigenvalue weighted by atomic mass is 16.5. The van der Waals surface area contributed by atoms with E-state index in [9.17, 15) is 5.11 Å². The number of β-amino-alcohol motifs (C(OH)–C–C–N with tert-alkyl or cyclic N) is 1. The number of aliphatic hydroxyl groups excluding tert-OH is 1. The van der Waals surface area contributed by atoms with Crippen LogP contribution in [0.2, 0.25) is 0 Å². The van der Waals surface area contributed by atoms with Gasteiger partial charge in [0, 0.05) is 24.3 Å². The Labute approximate surface area is 149 Å². The van der Waals surface area contributed by atoms with Crippen LogP contribution in [-0.2, 0) is 4.74 Å². The molecule has 0 saturated heterocycles. The maximum atomic E-state index is 10.6. The van der Waals surface area contributed by atoms with E-state index in [1.165, 1.54) is 0 Å². The van der Waals surface area contributed by atoms with Gasteiger partial charge in [0.15, 0.2) is 11.5 Å². The van der Waals surface area contributed by atoms with Crippen LogP contribution in [0.3, 0.4) is 0 Å². The molecule has 0 radical (unpaired) electrons. The van der Waals surface area contributed by atoms with Crippen LogP contribution in [0, 0.1) is 6.92 Å². The van der Waals surface area contributed by atoms with Crippen LogP contribution in [0.25, 0.3) is 0 Å². The number of unbranched alkanes of at least 4 members (excludes halogenated alkanes) is 1. The number of aliphatic hydroxyl groups is 1. The Balaban J connectivity index is 2.60. The van der Waals surface area contributed by atoms with Gasteiger partial charge in [0.25, 0.3) is 0 Å². The van der Waals surface area contributed by atoms with E-state index in [0.717, 1.165) is 24.0 Å². The molecular formula is C19H29NO5. The molecule has 0 fully saturated rings. The van der Waals surface area contributed by atoms with Crippen LogP contribution in [0.15, 0.2) is 12.7 Å². The molecule has 1 aliphatic heterocycles. The first kappa shape index (κ1) is 19.6. The van der Waals surface area contributed by atoms with E-state index in [-0.39, 0.29) is 6.23 Å². The van der Waals surface area contributed by atoms with E-state index in [1.807, 2.05) is 6.92 Å². The van der Waals surface area contributed by atoms with E-state index in [4.69, 9.17) is 18.9 Å². The molecule has 0 saturated carbocycles. The van der Waals surface area contributed by atoms with Crippen molar-refractivity contribution in [3.05, 3.63) is 29.3 Å². The zero-order valence-electron chi connectivity index (χ0n) is 15.6. The van der Waals surface area contributed by atoms with Crippen molar-refractivity contribution in [1.29, 1.82) is 0 Å². The van der Waals surface area contributed by atoms with Gasteiger partial charge >= 0.3 is 0 Å². The zero-order chi connectivity index (χ0) is 18.4. The van der Waals surface area contributed by atoms with E-state index < -0.39 is 6.10 Å². The van der Waals surface area contributed by atoms with Gasteiger partial charge in [-0.15, -0.1) is 0 Å². The number of benzene rings is 1. The number of hydrogen-bond donors (Lipinski definition) is 2. The fourth-order valence-electron chi connectivity index (χ4n) is 3.12. The molecule has 0 aliphatic carbocycles. The third kappa shape index (κ3) is 3.92. The van der Waals surface area contributed by atoms with Crippen LogP contribution in [0.4, 0.5) is 0 Å². The minimum absolute atomic E-state index is 0.338. The van der Waals surface area contributed by atoms with Crippen molar-refractivity contribution < 1.29 is 24.1 Å². The van der Waals surface area contributed by atoms with E-state index in [0.29, 0.717) is 42.6 Å². The van der Waals surface area contributed by atoms with Gasteiger partial charge in [0.1, 0.15) is 18.6 Å². The largest absolute Gasteiger partial charge is 0.492 e. The lowest BCUT2D eigenvalue weighted by Gasteiger charge is -2.34. The lowest BCUT2D eigenvalue weighted by molar-refractivity contribution is 0.00181. The van der Waals surface area contributed by atoms with Crippen molar-refractivity contribution in [1.82, 2.24) is 5.32 Å². The van der Waals surface area contributed by atoms with E-state index in [1.54, 1.807) is 20.3 Å².